The lowest BCUT2D eigenvalue weighted by Crippen LogP contribution is -2.28. The van der Waals surface area contributed by atoms with Gasteiger partial charge in [0.2, 0.25) is 11.7 Å². The Bertz CT molecular complexity index is 860. The summed E-state index contributed by atoms with van der Waals surface area (Å²) in [6, 6.07) is 14.7. The van der Waals surface area contributed by atoms with Crippen LogP contribution in [0.25, 0.3) is 11.4 Å². The average molecular weight is 372 g/mol. The number of nitrogens with zero attached hydrogens (tertiary/aromatic N) is 2. The molecule has 1 aromatic heterocycles. The van der Waals surface area contributed by atoms with Gasteiger partial charge in [0.15, 0.2) is 6.61 Å². The molecule has 0 fully saturated rings. The second-order valence-electron chi connectivity index (χ2n) is 5.58. The van der Waals surface area contributed by atoms with Gasteiger partial charge in [-0.2, -0.15) is 4.98 Å². The lowest BCUT2D eigenvalue weighted by Gasteiger charge is -2.06. The number of halogens is 1. The Balaban J connectivity index is 1.47. The second kappa shape index (κ2) is 8.49. The van der Waals surface area contributed by atoms with Crippen LogP contribution in [0.3, 0.4) is 0 Å². The van der Waals surface area contributed by atoms with E-state index in [9.17, 15) is 4.79 Å². The maximum absolute atomic E-state index is 11.9. The van der Waals surface area contributed by atoms with Crippen LogP contribution in [0.1, 0.15) is 18.4 Å². The molecule has 2 aromatic carbocycles. The predicted molar refractivity (Wildman–Crippen MR) is 97.9 cm³/mol. The first-order valence-corrected chi connectivity index (χ1v) is 8.59. The third kappa shape index (κ3) is 4.83. The maximum Gasteiger partial charge on any atom is 0.258 e. The number of ether oxygens (including phenoxy) is 1. The Morgan fingerprint density at radius 1 is 1.15 bits per heavy atom. The van der Waals surface area contributed by atoms with Gasteiger partial charge in [-0.1, -0.05) is 35.8 Å². The van der Waals surface area contributed by atoms with Crippen molar-refractivity contribution in [1.82, 2.24) is 15.5 Å². The minimum Gasteiger partial charge on any atom is -0.484 e. The molecule has 134 valence electrons. The quantitative estimate of drug-likeness (QED) is 0.686. The molecule has 0 aliphatic carbocycles. The van der Waals surface area contributed by atoms with Crippen molar-refractivity contribution >= 4 is 17.5 Å². The summed E-state index contributed by atoms with van der Waals surface area (Å²) < 4.78 is 10.6. The number of carbonyl (C=O) groups is 1. The highest BCUT2D eigenvalue weighted by molar-refractivity contribution is 6.30. The number of hydrogen-bond acceptors (Lipinski definition) is 5. The fourth-order valence-electron chi connectivity index (χ4n) is 2.24. The van der Waals surface area contributed by atoms with Crippen molar-refractivity contribution in [3.63, 3.8) is 0 Å². The largest absolute Gasteiger partial charge is 0.484 e. The molecule has 1 amide bonds. The number of aryl methyl sites for hydroxylation is 1. The monoisotopic (exact) mass is 371 g/mol. The van der Waals surface area contributed by atoms with Crippen LogP contribution in [0.2, 0.25) is 5.02 Å². The first kappa shape index (κ1) is 17.9. The van der Waals surface area contributed by atoms with Crippen molar-refractivity contribution in [2.24, 2.45) is 0 Å². The summed E-state index contributed by atoms with van der Waals surface area (Å²) in [6.45, 7) is 2.14. The van der Waals surface area contributed by atoms with Crippen molar-refractivity contribution < 1.29 is 14.1 Å². The van der Waals surface area contributed by atoms with E-state index < -0.39 is 0 Å². The van der Waals surface area contributed by atoms with Crippen molar-refractivity contribution in [2.45, 2.75) is 19.9 Å². The SMILES string of the molecule is CCc1ccc(OCC(=O)NCc2nc(-c3ccc(Cl)cc3)no2)cc1. The molecular formula is C19H18ClN3O3. The Labute approximate surface area is 156 Å². The van der Waals surface area contributed by atoms with Crippen molar-refractivity contribution in [3.8, 4) is 17.1 Å². The summed E-state index contributed by atoms with van der Waals surface area (Å²) in [7, 11) is 0. The van der Waals surface area contributed by atoms with Gasteiger partial charge in [0.25, 0.3) is 5.91 Å². The molecule has 0 saturated carbocycles. The Morgan fingerprint density at radius 3 is 2.58 bits per heavy atom. The summed E-state index contributed by atoms with van der Waals surface area (Å²) in [4.78, 5) is 16.1. The zero-order chi connectivity index (χ0) is 18.4. The third-order valence-corrected chi connectivity index (χ3v) is 3.96. The molecule has 0 aliphatic heterocycles. The van der Waals surface area contributed by atoms with Crippen LogP contribution < -0.4 is 10.1 Å². The highest BCUT2D eigenvalue weighted by Gasteiger charge is 2.10. The topological polar surface area (TPSA) is 77.2 Å². The van der Waals surface area contributed by atoms with E-state index in [-0.39, 0.29) is 19.1 Å². The van der Waals surface area contributed by atoms with Gasteiger partial charge in [-0.25, -0.2) is 0 Å². The number of rotatable bonds is 7. The van der Waals surface area contributed by atoms with Crippen LogP contribution in [-0.2, 0) is 17.8 Å². The van der Waals surface area contributed by atoms with E-state index in [1.807, 2.05) is 24.3 Å². The van der Waals surface area contributed by atoms with E-state index >= 15 is 0 Å². The molecule has 26 heavy (non-hydrogen) atoms. The lowest BCUT2D eigenvalue weighted by molar-refractivity contribution is -0.123. The summed E-state index contributed by atoms with van der Waals surface area (Å²) >= 11 is 5.85. The lowest BCUT2D eigenvalue weighted by atomic mass is 10.2. The molecule has 0 bridgehead atoms. The van der Waals surface area contributed by atoms with Crippen LogP contribution in [-0.4, -0.2) is 22.7 Å². The van der Waals surface area contributed by atoms with Crippen molar-refractivity contribution in [3.05, 3.63) is 65.0 Å². The molecule has 1 heterocycles. The molecule has 6 nitrogen and oxygen atoms in total. The molecule has 0 radical (unpaired) electrons. The van der Waals surface area contributed by atoms with Crippen molar-refractivity contribution in [1.29, 1.82) is 0 Å². The van der Waals surface area contributed by atoms with E-state index in [4.69, 9.17) is 20.9 Å². The second-order valence-corrected chi connectivity index (χ2v) is 6.02. The van der Waals surface area contributed by atoms with E-state index in [0.717, 1.165) is 12.0 Å². The van der Waals surface area contributed by atoms with Gasteiger partial charge in [-0.05, 0) is 48.4 Å². The summed E-state index contributed by atoms with van der Waals surface area (Å²) in [5.41, 5.74) is 2.00. The van der Waals surface area contributed by atoms with E-state index in [2.05, 4.69) is 22.4 Å². The van der Waals surface area contributed by atoms with Gasteiger partial charge in [0.05, 0.1) is 6.54 Å². The summed E-state index contributed by atoms with van der Waals surface area (Å²) in [6.07, 6.45) is 0.961. The minimum absolute atomic E-state index is 0.0797. The van der Waals surface area contributed by atoms with Crippen molar-refractivity contribution in [2.75, 3.05) is 6.61 Å². The Hall–Kier alpha value is -2.86. The molecule has 0 spiro atoms. The molecule has 0 saturated heterocycles. The van der Waals surface area contributed by atoms with E-state index in [1.165, 1.54) is 5.56 Å². The van der Waals surface area contributed by atoms with E-state index in [1.54, 1.807) is 24.3 Å². The minimum atomic E-state index is -0.268. The van der Waals surface area contributed by atoms with Crippen LogP contribution in [0.4, 0.5) is 0 Å². The number of amides is 1. The number of nitrogens with one attached hydrogen (secondary N) is 1. The molecule has 0 unspecified atom stereocenters. The molecule has 3 rings (SSSR count). The smallest absolute Gasteiger partial charge is 0.258 e. The van der Waals surface area contributed by atoms with Crippen LogP contribution in [0.15, 0.2) is 53.1 Å². The van der Waals surface area contributed by atoms with Gasteiger partial charge in [-0.3, -0.25) is 4.79 Å². The first-order valence-electron chi connectivity index (χ1n) is 8.21. The highest BCUT2D eigenvalue weighted by Crippen LogP contribution is 2.18. The fourth-order valence-corrected chi connectivity index (χ4v) is 2.36. The number of aromatic nitrogens is 2. The molecule has 0 aliphatic rings. The standard InChI is InChI=1S/C19H18ClN3O3/c1-2-13-3-9-16(10-4-13)25-12-17(24)21-11-18-22-19(23-26-18)14-5-7-15(20)8-6-14/h3-10H,2,11-12H2,1H3,(H,21,24). The third-order valence-electron chi connectivity index (χ3n) is 3.71. The van der Waals surface area contributed by atoms with Crippen LogP contribution >= 0.6 is 11.6 Å². The number of carbonyl (C=O) groups excluding carboxylic acids is 1. The highest BCUT2D eigenvalue weighted by atomic mass is 35.5. The fraction of sp³-hybridized carbons (Fsp3) is 0.211. The molecule has 0 atom stereocenters. The number of hydrogen-bond donors (Lipinski definition) is 1. The van der Waals surface area contributed by atoms with E-state index in [0.29, 0.717) is 22.5 Å². The summed E-state index contributed by atoms with van der Waals surface area (Å²) in [5.74, 6) is 1.14. The Kier molecular flexibility index (Phi) is 5.86. The summed E-state index contributed by atoms with van der Waals surface area (Å²) in [5, 5.41) is 7.21. The predicted octanol–water partition coefficient (Wildman–Crippen LogP) is 3.65. The van der Waals surface area contributed by atoms with Crippen LogP contribution in [0.5, 0.6) is 5.75 Å². The molecular weight excluding hydrogens is 354 g/mol. The number of benzene rings is 2. The average Bonchev–Trinajstić information content (AvgIpc) is 3.14. The molecule has 1 N–H and O–H groups in total. The molecule has 7 heteroatoms. The first-order chi connectivity index (χ1) is 12.6. The van der Waals surface area contributed by atoms with Crippen LogP contribution in [0, 0.1) is 0 Å². The van der Waals surface area contributed by atoms with Gasteiger partial charge >= 0.3 is 0 Å². The van der Waals surface area contributed by atoms with Gasteiger partial charge in [-0.15, -0.1) is 0 Å². The van der Waals surface area contributed by atoms with Gasteiger partial charge < -0.3 is 14.6 Å². The molecule has 3 aromatic rings. The maximum atomic E-state index is 11.9. The Morgan fingerprint density at radius 2 is 1.88 bits per heavy atom. The zero-order valence-corrected chi connectivity index (χ0v) is 15.0. The van der Waals surface area contributed by atoms with Gasteiger partial charge in [0, 0.05) is 10.6 Å². The zero-order valence-electron chi connectivity index (χ0n) is 14.2. The van der Waals surface area contributed by atoms with Gasteiger partial charge in [0.1, 0.15) is 5.75 Å². The normalized spacial score (nSPS) is 10.5.